The molecule has 0 aliphatic heterocycles. The van der Waals surface area contributed by atoms with E-state index >= 15 is 0 Å². The first-order chi connectivity index (χ1) is 10.9. The summed E-state index contributed by atoms with van der Waals surface area (Å²) in [7, 11) is 0. The second-order valence-corrected chi connectivity index (χ2v) is 5.83. The molecule has 23 heavy (non-hydrogen) atoms. The Morgan fingerprint density at radius 1 is 1.00 bits per heavy atom. The van der Waals surface area contributed by atoms with Crippen LogP contribution in [0.1, 0.15) is 29.3 Å². The van der Waals surface area contributed by atoms with Crippen LogP contribution in [0.15, 0.2) is 36.4 Å². The Balaban J connectivity index is 2.21. The first kappa shape index (κ1) is 17.3. The Bertz CT molecular complexity index is 760. The topological polar surface area (TPSA) is 58.2 Å². The van der Waals surface area contributed by atoms with E-state index in [0.29, 0.717) is 33.4 Å². The molecule has 0 saturated heterocycles. The number of nitrogens with one attached hydrogen (secondary N) is 2. The zero-order chi connectivity index (χ0) is 17.0. The predicted molar refractivity (Wildman–Crippen MR) is 94.5 cm³/mol. The molecule has 0 aliphatic rings. The maximum Gasteiger partial charge on any atom is 0.255 e. The van der Waals surface area contributed by atoms with Crippen LogP contribution in [0.25, 0.3) is 0 Å². The van der Waals surface area contributed by atoms with Gasteiger partial charge in [-0.3, -0.25) is 9.59 Å². The summed E-state index contributed by atoms with van der Waals surface area (Å²) in [5.41, 5.74) is 2.31. The predicted octanol–water partition coefficient (Wildman–Crippen LogP) is 4.90. The second kappa shape index (κ2) is 7.49. The lowest BCUT2D eigenvalue weighted by Gasteiger charge is -2.11. The molecule has 6 heteroatoms. The maximum atomic E-state index is 12.3. The van der Waals surface area contributed by atoms with Crippen molar-refractivity contribution in [2.75, 3.05) is 10.6 Å². The highest BCUT2D eigenvalue weighted by Crippen LogP contribution is 2.26. The molecule has 2 N–H and O–H groups in total. The quantitative estimate of drug-likeness (QED) is 0.823. The zero-order valence-corrected chi connectivity index (χ0v) is 14.3. The third-order valence-corrected chi connectivity index (χ3v) is 3.99. The fraction of sp³-hybridized carbons (Fsp3) is 0.176. The SMILES string of the molecule is CCC(=O)Nc1ccc(Cl)c(NC(=O)c2ccc(C)c(Cl)c2)c1. The van der Waals surface area contributed by atoms with E-state index in [1.807, 2.05) is 6.92 Å². The first-order valence-corrected chi connectivity index (χ1v) is 7.83. The summed E-state index contributed by atoms with van der Waals surface area (Å²) in [4.78, 5) is 23.7. The summed E-state index contributed by atoms with van der Waals surface area (Å²) in [6.07, 6.45) is 0.367. The van der Waals surface area contributed by atoms with E-state index in [-0.39, 0.29) is 11.8 Å². The van der Waals surface area contributed by atoms with Crippen molar-refractivity contribution in [2.45, 2.75) is 20.3 Å². The van der Waals surface area contributed by atoms with Crippen LogP contribution < -0.4 is 10.6 Å². The summed E-state index contributed by atoms with van der Waals surface area (Å²) in [6.45, 7) is 3.62. The number of hydrogen-bond donors (Lipinski definition) is 2. The molecule has 0 aliphatic carbocycles. The van der Waals surface area contributed by atoms with Crippen molar-refractivity contribution in [1.29, 1.82) is 0 Å². The summed E-state index contributed by atoms with van der Waals surface area (Å²) >= 11 is 12.1. The molecule has 0 unspecified atom stereocenters. The van der Waals surface area contributed by atoms with Gasteiger partial charge < -0.3 is 10.6 Å². The van der Waals surface area contributed by atoms with Crippen LogP contribution in [0.4, 0.5) is 11.4 Å². The normalized spacial score (nSPS) is 10.3. The van der Waals surface area contributed by atoms with Crippen LogP contribution in [0.2, 0.25) is 10.0 Å². The van der Waals surface area contributed by atoms with Crippen LogP contribution in [0.5, 0.6) is 0 Å². The highest BCUT2D eigenvalue weighted by Gasteiger charge is 2.11. The number of carbonyl (C=O) groups is 2. The van der Waals surface area contributed by atoms with Gasteiger partial charge in [0.1, 0.15) is 0 Å². The van der Waals surface area contributed by atoms with Crippen molar-refractivity contribution >= 4 is 46.4 Å². The van der Waals surface area contributed by atoms with E-state index in [4.69, 9.17) is 23.2 Å². The Morgan fingerprint density at radius 2 is 1.74 bits per heavy atom. The number of hydrogen-bond acceptors (Lipinski definition) is 2. The van der Waals surface area contributed by atoms with E-state index in [1.165, 1.54) is 0 Å². The smallest absolute Gasteiger partial charge is 0.255 e. The van der Waals surface area contributed by atoms with Crippen molar-refractivity contribution in [3.05, 3.63) is 57.6 Å². The van der Waals surface area contributed by atoms with Crippen LogP contribution >= 0.6 is 23.2 Å². The van der Waals surface area contributed by atoms with Gasteiger partial charge in [-0.2, -0.15) is 0 Å². The minimum absolute atomic E-state index is 0.116. The largest absolute Gasteiger partial charge is 0.326 e. The third-order valence-electron chi connectivity index (χ3n) is 3.25. The molecule has 2 rings (SSSR count). The fourth-order valence-corrected chi connectivity index (χ4v) is 2.22. The Hall–Kier alpha value is -2.04. The standard InChI is InChI=1S/C17H16Cl2N2O2/c1-3-16(22)20-12-6-7-13(18)15(9-12)21-17(23)11-5-4-10(2)14(19)8-11/h4-9H,3H2,1-2H3,(H,20,22)(H,21,23). The molecule has 0 atom stereocenters. The molecular formula is C17H16Cl2N2O2. The molecule has 0 heterocycles. The van der Waals surface area contributed by atoms with E-state index in [0.717, 1.165) is 5.56 Å². The molecule has 0 bridgehead atoms. The molecule has 0 aromatic heterocycles. The number of amides is 2. The highest BCUT2D eigenvalue weighted by atomic mass is 35.5. The molecule has 2 aromatic rings. The molecule has 0 spiro atoms. The number of benzene rings is 2. The first-order valence-electron chi connectivity index (χ1n) is 7.07. The van der Waals surface area contributed by atoms with Crippen LogP contribution in [-0.4, -0.2) is 11.8 Å². The van der Waals surface area contributed by atoms with E-state index in [2.05, 4.69) is 10.6 Å². The van der Waals surface area contributed by atoms with Crippen LogP contribution in [-0.2, 0) is 4.79 Å². The molecule has 0 fully saturated rings. The Kier molecular flexibility index (Phi) is 5.64. The lowest BCUT2D eigenvalue weighted by atomic mass is 10.1. The average Bonchev–Trinajstić information content (AvgIpc) is 2.53. The van der Waals surface area contributed by atoms with Gasteiger partial charge in [-0.25, -0.2) is 0 Å². The monoisotopic (exact) mass is 350 g/mol. The van der Waals surface area contributed by atoms with Crippen molar-refractivity contribution < 1.29 is 9.59 Å². The third kappa shape index (κ3) is 4.47. The van der Waals surface area contributed by atoms with Gasteiger partial charge in [0, 0.05) is 22.7 Å². The van der Waals surface area contributed by atoms with E-state index in [9.17, 15) is 9.59 Å². The lowest BCUT2D eigenvalue weighted by Crippen LogP contribution is -2.13. The van der Waals surface area contributed by atoms with Crippen molar-refractivity contribution in [3.63, 3.8) is 0 Å². The summed E-state index contributed by atoms with van der Waals surface area (Å²) in [5, 5.41) is 6.34. The number of halogens is 2. The second-order valence-electron chi connectivity index (χ2n) is 5.01. The van der Waals surface area contributed by atoms with Crippen molar-refractivity contribution in [3.8, 4) is 0 Å². The van der Waals surface area contributed by atoms with Gasteiger partial charge in [0.2, 0.25) is 5.91 Å². The van der Waals surface area contributed by atoms with Crippen LogP contribution in [0, 0.1) is 6.92 Å². The van der Waals surface area contributed by atoms with Gasteiger partial charge in [0.15, 0.2) is 0 Å². The number of aryl methyl sites for hydroxylation is 1. The fourth-order valence-electron chi connectivity index (χ4n) is 1.88. The Morgan fingerprint density at radius 3 is 2.39 bits per heavy atom. The molecule has 2 amide bonds. The van der Waals surface area contributed by atoms with Gasteiger partial charge in [-0.05, 0) is 42.8 Å². The molecule has 2 aromatic carbocycles. The van der Waals surface area contributed by atoms with Gasteiger partial charge in [-0.1, -0.05) is 36.2 Å². The number of anilines is 2. The summed E-state index contributed by atoms with van der Waals surface area (Å²) in [6, 6.07) is 9.97. The van der Waals surface area contributed by atoms with Crippen molar-refractivity contribution in [2.24, 2.45) is 0 Å². The molecule has 4 nitrogen and oxygen atoms in total. The molecule has 0 radical (unpaired) electrons. The minimum Gasteiger partial charge on any atom is -0.326 e. The lowest BCUT2D eigenvalue weighted by molar-refractivity contribution is -0.115. The molecule has 120 valence electrons. The van der Waals surface area contributed by atoms with Gasteiger partial charge in [-0.15, -0.1) is 0 Å². The molecular weight excluding hydrogens is 335 g/mol. The zero-order valence-electron chi connectivity index (χ0n) is 12.7. The summed E-state index contributed by atoms with van der Waals surface area (Å²) in [5.74, 6) is -0.442. The number of rotatable bonds is 4. The van der Waals surface area contributed by atoms with Crippen molar-refractivity contribution in [1.82, 2.24) is 0 Å². The van der Waals surface area contributed by atoms with Crippen LogP contribution in [0.3, 0.4) is 0 Å². The average molecular weight is 351 g/mol. The molecule has 0 saturated carbocycles. The Labute approximate surface area is 144 Å². The van der Waals surface area contributed by atoms with E-state index < -0.39 is 0 Å². The number of carbonyl (C=O) groups excluding carboxylic acids is 2. The maximum absolute atomic E-state index is 12.3. The van der Waals surface area contributed by atoms with Gasteiger partial charge >= 0.3 is 0 Å². The minimum atomic E-state index is -0.326. The highest BCUT2D eigenvalue weighted by molar-refractivity contribution is 6.34. The van der Waals surface area contributed by atoms with Gasteiger partial charge in [0.05, 0.1) is 10.7 Å². The van der Waals surface area contributed by atoms with Gasteiger partial charge in [0.25, 0.3) is 5.91 Å². The summed E-state index contributed by atoms with van der Waals surface area (Å²) < 4.78 is 0. The van der Waals surface area contributed by atoms with E-state index in [1.54, 1.807) is 43.3 Å².